The third-order valence-electron chi connectivity index (χ3n) is 3.82. The van der Waals surface area contributed by atoms with Gasteiger partial charge in [0.2, 0.25) is 10.0 Å². The summed E-state index contributed by atoms with van der Waals surface area (Å²) < 4.78 is 37.6. The van der Waals surface area contributed by atoms with Crippen LogP contribution in [0.5, 0.6) is 11.5 Å². The minimum absolute atomic E-state index is 0.101. The first-order chi connectivity index (χ1) is 9.59. The predicted octanol–water partition coefficient (Wildman–Crippen LogP) is 1.77. The second kappa shape index (κ2) is 5.26. The molecule has 0 radical (unpaired) electrons. The Kier molecular flexibility index (Phi) is 3.60. The van der Waals surface area contributed by atoms with Crippen molar-refractivity contribution in [2.24, 2.45) is 0 Å². The van der Waals surface area contributed by atoms with Gasteiger partial charge in [-0.2, -0.15) is 0 Å². The zero-order valence-electron chi connectivity index (χ0n) is 11.5. The van der Waals surface area contributed by atoms with Crippen LogP contribution in [0, 0.1) is 0 Å². The number of sulfonamides is 1. The summed E-state index contributed by atoms with van der Waals surface area (Å²) in [5.74, 6) is 1.59. The molecule has 1 aromatic rings. The van der Waals surface area contributed by atoms with Crippen molar-refractivity contribution in [2.45, 2.75) is 32.2 Å². The minimum atomic E-state index is -3.21. The van der Waals surface area contributed by atoms with Gasteiger partial charge < -0.3 is 9.47 Å². The van der Waals surface area contributed by atoms with Gasteiger partial charge in [-0.05, 0) is 49.4 Å². The highest BCUT2D eigenvalue weighted by Gasteiger charge is 2.26. The van der Waals surface area contributed by atoms with Gasteiger partial charge in [0.25, 0.3) is 0 Å². The van der Waals surface area contributed by atoms with E-state index in [4.69, 9.17) is 9.47 Å². The molecule has 20 heavy (non-hydrogen) atoms. The Bertz CT molecular complexity index is 612. The molecule has 6 heteroatoms. The lowest BCUT2D eigenvalue weighted by Crippen LogP contribution is -2.32. The van der Waals surface area contributed by atoms with Crippen molar-refractivity contribution in [1.29, 1.82) is 0 Å². The third-order valence-corrected chi connectivity index (χ3v) is 5.22. The van der Waals surface area contributed by atoms with Crippen LogP contribution in [0.2, 0.25) is 0 Å². The van der Waals surface area contributed by atoms with E-state index in [1.165, 1.54) is 0 Å². The van der Waals surface area contributed by atoms with E-state index in [9.17, 15) is 8.42 Å². The molecule has 5 nitrogen and oxygen atoms in total. The zero-order valence-corrected chi connectivity index (χ0v) is 12.3. The maximum Gasteiger partial charge on any atom is 0.211 e. The van der Waals surface area contributed by atoms with Crippen LogP contribution in [0.1, 0.15) is 36.9 Å². The van der Waals surface area contributed by atoms with Gasteiger partial charge in [0.15, 0.2) is 11.5 Å². The van der Waals surface area contributed by atoms with Crippen molar-refractivity contribution in [3.05, 3.63) is 23.3 Å². The first kappa shape index (κ1) is 13.7. The molecular formula is C14H19NO4S. The van der Waals surface area contributed by atoms with Crippen molar-refractivity contribution in [3.8, 4) is 11.5 Å². The molecule has 0 amide bonds. The summed E-state index contributed by atoms with van der Waals surface area (Å²) in [6.45, 7) is 2.75. The van der Waals surface area contributed by atoms with E-state index in [1.807, 2.05) is 12.1 Å². The first-order valence-corrected chi connectivity index (χ1v) is 8.66. The molecule has 1 aliphatic carbocycles. The SMILES string of the molecule is CCS(=O)(=O)NC1CCCc2cc3c(cc21)OCCO3. The molecule has 1 atom stereocenters. The fourth-order valence-electron chi connectivity index (χ4n) is 2.76. The molecule has 0 bridgehead atoms. The van der Waals surface area contributed by atoms with E-state index in [2.05, 4.69) is 4.72 Å². The van der Waals surface area contributed by atoms with Gasteiger partial charge in [-0.25, -0.2) is 13.1 Å². The number of ether oxygens (including phenoxy) is 2. The zero-order chi connectivity index (χ0) is 14.2. The topological polar surface area (TPSA) is 64.6 Å². The minimum Gasteiger partial charge on any atom is -0.486 e. The standard InChI is InChI=1S/C14H19NO4S/c1-2-20(16,17)15-12-5-3-4-10-8-13-14(9-11(10)12)19-7-6-18-13/h8-9,12,15H,2-7H2,1H3. The molecule has 1 aromatic carbocycles. The Hall–Kier alpha value is -1.27. The molecule has 1 heterocycles. The molecule has 0 saturated carbocycles. The summed E-state index contributed by atoms with van der Waals surface area (Å²) >= 11 is 0. The Morgan fingerprint density at radius 3 is 2.65 bits per heavy atom. The van der Waals surface area contributed by atoms with Gasteiger partial charge in [0, 0.05) is 6.04 Å². The van der Waals surface area contributed by atoms with Crippen molar-refractivity contribution in [3.63, 3.8) is 0 Å². The van der Waals surface area contributed by atoms with Gasteiger partial charge in [0.1, 0.15) is 13.2 Å². The predicted molar refractivity (Wildman–Crippen MR) is 75.7 cm³/mol. The van der Waals surface area contributed by atoms with Crippen LogP contribution < -0.4 is 14.2 Å². The van der Waals surface area contributed by atoms with Crippen LogP contribution in [-0.4, -0.2) is 27.4 Å². The highest BCUT2D eigenvalue weighted by atomic mass is 32.2. The highest BCUT2D eigenvalue weighted by Crippen LogP contribution is 2.39. The van der Waals surface area contributed by atoms with Crippen molar-refractivity contribution in [2.75, 3.05) is 19.0 Å². The van der Waals surface area contributed by atoms with Crippen LogP contribution in [0.3, 0.4) is 0 Å². The fourth-order valence-corrected chi connectivity index (χ4v) is 3.61. The quantitative estimate of drug-likeness (QED) is 0.923. The normalized spacial score (nSPS) is 21.4. The maximum absolute atomic E-state index is 11.8. The van der Waals surface area contributed by atoms with E-state index >= 15 is 0 Å². The maximum atomic E-state index is 11.8. The van der Waals surface area contributed by atoms with Crippen molar-refractivity contribution < 1.29 is 17.9 Å². The molecule has 0 aromatic heterocycles. The van der Waals surface area contributed by atoms with Gasteiger partial charge in [-0.1, -0.05) is 0 Å². The summed E-state index contributed by atoms with van der Waals surface area (Å²) in [4.78, 5) is 0. The lowest BCUT2D eigenvalue weighted by Gasteiger charge is -2.29. The molecule has 1 aliphatic heterocycles. The smallest absolute Gasteiger partial charge is 0.211 e. The number of hydrogen-bond donors (Lipinski definition) is 1. The van der Waals surface area contributed by atoms with Gasteiger partial charge in [-0.15, -0.1) is 0 Å². The lowest BCUT2D eigenvalue weighted by molar-refractivity contribution is 0.171. The summed E-state index contributed by atoms with van der Waals surface area (Å²) in [6.07, 6.45) is 2.76. The molecule has 0 saturated heterocycles. The van der Waals surface area contributed by atoms with Gasteiger partial charge in [-0.3, -0.25) is 0 Å². The molecule has 1 unspecified atom stereocenters. The fraction of sp³-hybridized carbons (Fsp3) is 0.571. The monoisotopic (exact) mass is 297 g/mol. The number of rotatable bonds is 3. The summed E-state index contributed by atoms with van der Waals surface area (Å²) in [5.41, 5.74) is 2.18. The van der Waals surface area contributed by atoms with Gasteiger partial charge >= 0.3 is 0 Å². The second-order valence-electron chi connectivity index (χ2n) is 5.16. The Balaban J connectivity index is 1.95. The average Bonchev–Trinajstić information content (AvgIpc) is 2.45. The molecule has 110 valence electrons. The number of benzene rings is 1. The number of nitrogens with one attached hydrogen (secondary N) is 1. The number of hydrogen-bond acceptors (Lipinski definition) is 4. The van der Waals surface area contributed by atoms with Crippen LogP contribution >= 0.6 is 0 Å². The third kappa shape index (κ3) is 2.62. The average molecular weight is 297 g/mol. The van der Waals surface area contributed by atoms with Crippen LogP contribution in [0.25, 0.3) is 0 Å². The Morgan fingerprint density at radius 1 is 1.25 bits per heavy atom. The van der Waals surface area contributed by atoms with Crippen LogP contribution in [0.15, 0.2) is 12.1 Å². The molecule has 2 aliphatic rings. The molecular weight excluding hydrogens is 278 g/mol. The summed E-state index contributed by atoms with van der Waals surface area (Å²) in [6, 6.07) is 3.78. The summed E-state index contributed by atoms with van der Waals surface area (Å²) in [5, 5.41) is 0. The number of aryl methyl sites for hydroxylation is 1. The van der Waals surface area contributed by atoms with Crippen molar-refractivity contribution in [1.82, 2.24) is 4.72 Å². The lowest BCUT2D eigenvalue weighted by atomic mass is 9.88. The molecule has 0 spiro atoms. The first-order valence-electron chi connectivity index (χ1n) is 7.01. The molecule has 0 fully saturated rings. The van der Waals surface area contributed by atoms with Crippen LogP contribution in [-0.2, 0) is 16.4 Å². The highest BCUT2D eigenvalue weighted by molar-refractivity contribution is 7.89. The van der Waals surface area contributed by atoms with Crippen LogP contribution in [0.4, 0.5) is 0 Å². The number of fused-ring (bicyclic) bond motifs is 2. The van der Waals surface area contributed by atoms with E-state index in [-0.39, 0.29) is 11.8 Å². The largest absolute Gasteiger partial charge is 0.486 e. The molecule has 3 rings (SSSR count). The van der Waals surface area contributed by atoms with E-state index in [0.29, 0.717) is 13.2 Å². The second-order valence-corrected chi connectivity index (χ2v) is 7.20. The van der Waals surface area contributed by atoms with E-state index in [1.54, 1.807) is 6.92 Å². The van der Waals surface area contributed by atoms with E-state index in [0.717, 1.165) is 41.9 Å². The van der Waals surface area contributed by atoms with E-state index < -0.39 is 10.0 Å². The molecule has 1 N–H and O–H groups in total. The Labute approximate surface area is 119 Å². The summed E-state index contributed by atoms with van der Waals surface area (Å²) in [7, 11) is -3.21. The van der Waals surface area contributed by atoms with Gasteiger partial charge in [0.05, 0.1) is 5.75 Å². The van der Waals surface area contributed by atoms with Crippen molar-refractivity contribution >= 4 is 10.0 Å². The Morgan fingerprint density at radius 2 is 1.95 bits per heavy atom.